The Bertz CT molecular complexity index is 499. The van der Waals surface area contributed by atoms with Gasteiger partial charge in [0.05, 0.1) is 4.90 Å². The van der Waals surface area contributed by atoms with Crippen LogP contribution in [0.3, 0.4) is 0 Å². The van der Waals surface area contributed by atoms with Crippen molar-refractivity contribution in [2.45, 2.75) is 11.4 Å². The third-order valence-electron chi connectivity index (χ3n) is 2.17. The van der Waals surface area contributed by atoms with Gasteiger partial charge in [-0.1, -0.05) is 12.1 Å². The maximum atomic E-state index is 11.0. The van der Waals surface area contributed by atoms with E-state index in [2.05, 4.69) is 15.6 Å². The fraction of sp³-hybridized carbons (Fsp3) is 0.300. The molecule has 0 heterocycles. The van der Waals surface area contributed by atoms with Crippen LogP contribution in [0.25, 0.3) is 0 Å². The molecule has 8 heteroatoms. The number of primary sulfonamides is 1. The molecule has 0 aliphatic carbocycles. The summed E-state index contributed by atoms with van der Waals surface area (Å²) >= 11 is 0. The Morgan fingerprint density at radius 2 is 1.89 bits per heavy atom. The van der Waals surface area contributed by atoms with Crippen LogP contribution in [0.1, 0.15) is 5.56 Å². The lowest BCUT2D eigenvalue weighted by Crippen LogP contribution is -2.34. The molecule has 1 aromatic rings. The fourth-order valence-corrected chi connectivity index (χ4v) is 1.78. The lowest BCUT2D eigenvalue weighted by molar-refractivity contribution is 0.597. The van der Waals surface area contributed by atoms with Crippen LogP contribution in [-0.2, 0) is 16.6 Å². The summed E-state index contributed by atoms with van der Waals surface area (Å²) in [7, 11) is -0.184. The number of sulfonamides is 1. The predicted molar refractivity (Wildman–Crippen MR) is 82.5 cm³/mol. The molecule has 0 aliphatic rings. The molecule has 0 bridgehead atoms. The van der Waals surface area contributed by atoms with Crippen LogP contribution in [0.5, 0.6) is 0 Å². The number of aliphatic imine (C=N–C) groups is 1. The van der Waals surface area contributed by atoms with Crippen molar-refractivity contribution in [1.82, 2.24) is 10.6 Å². The number of halogens is 1. The maximum Gasteiger partial charge on any atom is 0.238 e. The third kappa shape index (κ3) is 5.19. The van der Waals surface area contributed by atoms with Gasteiger partial charge in [-0.15, -0.1) is 24.0 Å². The number of nitrogens with one attached hydrogen (secondary N) is 2. The summed E-state index contributed by atoms with van der Waals surface area (Å²) < 4.78 is 22.1. The number of hydrogen-bond donors (Lipinski definition) is 3. The van der Waals surface area contributed by atoms with E-state index in [4.69, 9.17) is 5.14 Å². The molecular formula is C10H17IN4O2S. The predicted octanol–water partition coefficient (Wildman–Crippen LogP) is 0.247. The van der Waals surface area contributed by atoms with Gasteiger partial charge in [0.2, 0.25) is 10.0 Å². The minimum Gasteiger partial charge on any atom is -0.359 e. The summed E-state index contributed by atoms with van der Waals surface area (Å²) in [6.07, 6.45) is 0. The highest BCUT2D eigenvalue weighted by molar-refractivity contribution is 14.0. The van der Waals surface area contributed by atoms with Crippen LogP contribution < -0.4 is 15.8 Å². The number of nitrogens with two attached hydrogens (primary N) is 1. The molecule has 0 aliphatic heterocycles. The minimum atomic E-state index is -3.62. The van der Waals surface area contributed by atoms with Crippen LogP contribution in [0.4, 0.5) is 0 Å². The highest BCUT2D eigenvalue weighted by Crippen LogP contribution is 2.08. The van der Waals surface area contributed by atoms with Crippen LogP contribution >= 0.6 is 24.0 Å². The first-order valence-corrected chi connectivity index (χ1v) is 6.52. The van der Waals surface area contributed by atoms with Gasteiger partial charge in [-0.05, 0) is 17.7 Å². The largest absolute Gasteiger partial charge is 0.359 e. The van der Waals surface area contributed by atoms with Crippen LogP contribution in [0.2, 0.25) is 0 Å². The van der Waals surface area contributed by atoms with Crippen molar-refractivity contribution < 1.29 is 8.42 Å². The summed E-state index contributed by atoms with van der Waals surface area (Å²) in [5.41, 5.74) is 0.939. The van der Waals surface area contributed by atoms with Crippen molar-refractivity contribution in [3.63, 3.8) is 0 Å². The van der Waals surface area contributed by atoms with Crippen LogP contribution in [0.15, 0.2) is 34.2 Å². The van der Waals surface area contributed by atoms with Crippen molar-refractivity contribution in [3.05, 3.63) is 29.8 Å². The summed E-state index contributed by atoms with van der Waals surface area (Å²) in [6.45, 7) is 0.554. The van der Waals surface area contributed by atoms with Gasteiger partial charge in [-0.2, -0.15) is 0 Å². The average Bonchev–Trinajstić information content (AvgIpc) is 2.30. The SMILES string of the molecule is CN=C(NC)NCc1ccc(S(N)(=O)=O)cc1.I. The molecule has 0 unspecified atom stereocenters. The Balaban J connectivity index is 0.00000289. The molecule has 6 nitrogen and oxygen atoms in total. The number of benzene rings is 1. The van der Waals surface area contributed by atoms with E-state index >= 15 is 0 Å². The van der Waals surface area contributed by atoms with Crippen molar-refractivity contribution >= 4 is 40.0 Å². The second-order valence-electron chi connectivity index (χ2n) is 3.36. The average molecular weight is 384 g/mol. The molecule has 0 saturated carbocycles. The molecule has 0 atom stereocenters. The van der Waals surface area contributed by atoms with Gasteiger partial charge in [0.25, 0.3) is 0 Å². The van der Waals surface area contributed by atoms with Gasteiger partial charge in [0, 0.05) is 20.6 Å². The fourth-order valence-electron chi connectivity index (χ4n) is 1.26. The van der Waals surface area contributed by atoms with Gasteiger partial charge >= 0.3 is 0 Å². The summed E-state index contributed by atoms with van der Waals surface area (Å²) in [4.78, 5) is 4.07. The molecule has 1 rings (SSSR count). The summed E-state index contributed by atoms with van der Waals surface area (Å²) in [6, 6.07) is 6.37. The topological polar surface area (TPSA) is 96.6 Å². The van der Waals surface area contributed by atoms with E-state index in [-0.39, 0.29) is 28.9 Å². The summed E-state index contributed by atoms with van der Waals surface area (Å²) in [5, 5.41) is 10.9. The van der Waals surface area contributed by atoms with Gasteiger partial charge in [-0.25, -0.2) is 13.6 Å². The van der Waals surface area contributed by atoms with Crippen molar-refractivity contribution in [2.24, 2.45) is 10.1 Å². The Hall–Kier alpha value is -0.870. The molecule has 102 valence electrons. The molecule has 0 amide bonds. The van der Waals surface area contributed by atoms with Gasteiger partial charge < -0.3 is 10.6 Å². The molecule has 1 aromatic carbocycles. The quantitative estimate of drug-likeness (QED) is 0.395. The Labute approximate surface area is 124 Å². The molecule has 18 heavy (non-hydrogen) atoms. The maximum absolute atomic E-state index is 11.0. The van der Waals surface area contributed by atoms with E-state index in [1.54, 1.807) is 26.2 Å². The lowest BCUT2D eigenvalue weighted by Gasteiger charge is -2.08. The molecule has 0 radical (unpaired) electrons. The number of nitrogens with zero attached hydrogens (tertiary/aromatic N) is 1. The normalized spacial score (nSPS) is 11.6. The highest BCUT2D eigenvalue weighted by atomic mass is 127. The second-order valence-corrected chi connectivity index (χ2v) is 4.93. The first-order valence-electron chi connectivity index (χ1n) is 4.97. The smallest absolute Gasteiger partial charge is 0.238 e. The zero-order chi connectivity index (χ0) is 12.9. The van der Waals surface area contributed by atoms with Crippen molar-refractivity contribution in [1.29, 1.82) is 0 Å². The van der Waals surface area contributed by atoms with E-state index in [1.807, 2.05) is 0 Å². The van der Waals surface area contributed by atoms with Crippen LogP contribution in [-0.4, -0.2) is 28.5 Å². The zero-order valence-electron chi connectivity index (χ0n) is 10.2. The van der Waals surface area contributed by atoms with Gasteiger partial charge in [-0.3, -0.25) is 4.99 Å². The molecule has 0 saturated heterocycles. The van der Waals surface area contributed by atoms with E-state index < -0.39 is 10.0 Å². The monoisotopic (exact) mass is 384 g/mol. The van der Waals surface area contributed by atoms with Crippen LogP contribution in [0, 0.1) is 0 Å². The number of guanidine groups is 1. The first kappa shape index (κ1) is 17.1. The number of rotatable bonds is 3. The van der Waals surface area contributed by atoms with Crippen molar-refractivity contribution in [2.75, 3.05) is 14.1 Å². The lowest BCUT2D eigenvalue weighted by atomic mass is 10.2. The molecular weight excluding hydrogens is 367 g/mol. The number of hydrogen-bond acceptors (Lipinski definition) is 3. The zero-order valence-corrected chi connectivity index (χ0v) is 13.3. The summed E-state index contributed by atoms with van der Waals surface area (Å²) in [5.74, 6) is 0.667. The standard InChI is InChI=1S/C10H16N4O2S.HI/c1-12-10(13-2)14-7-8-3-5-9(6-4-8)17(11,15)16;/h3-6H,7H2,1-2H3,(H2,11,15,16)(H2,12,13,14);1H. The Morgan fingerprint density at radius 1 is 1.33 bits per heavy atom. The Kier molecular flexibility index (Phi) is 7.18. The van der Waals surface area contributed by atoms with E-state index in [0.29, 0.717) is 12.5 Å². The van der Waals surface area contributed by atoms with E-state index in [0.717, 1.165) is 5.56 Å². The first-order chi connectivity index (χ1) is 7.97. The van der Waals surface area contributed by atoms with E-state index in [9.17, 15) is 8.42 Å². The van der Waals surface area contributed by atoms with Gasteiger partial charge in [0.15, 0.2) is 5.96 Å². The molecule has 0 spiro atoms. The molecule has 4 N–H and O–H groups in total. The highest BCUT2D eigenvalue weighted by Gasteiger charge is 2.06. The van der Waals surface area contributed by atoms with Gasteiger partial charge in [0.1, 0.15) is 0 Å². The third-order valence-corrected chi connectivity index (χ3v) is 3.10. The minimum absolute atomic E-state index is 0. The molecule has 0 fully saturated rings. The molecule has 0 aromatic heterocycles. The second kappa shape index (κ2) is 7.54. The van der Waals surface area contributed by atoms with Crippen molar-refractivity contribution in [3.8, 4) is 0 Å². The Morgan fingerprint density at radius 3 is 2.28 bits per heavy atom. The van der Waals surface area contributed by atoms with E-state index in [1.165, 1.54) is 12.1 Å².